The van der Waals surface area contributed by atoms with Gasteiger partial charge in [-0.3, -0.25) is 9.52 Å². The molecule has 3 aromatic rings. The van der Waals surface area contributed by atoms with Gasteiger partial charge in [-0.25, -0.2) is 17.8 Å². The monoisotopic (exact) mass is 474 g/mol. The third-order valence-corrected chi connectivity index (χ3v) is 6.73. The Morgan fingerprint density at radius 3 is 2.19 bits per heavy atom. The van der Waals surface area contributed by atoms with Crippen LogP contribution < -0.4 is 9.62 Å². The van der Waals surface area contributed by atoms with Crippen LogP contribution in [0, 0.1) is 5.82 Å². The largest absolute Gasteiger partial charge is 0.353 e. The summed E-state index contributed by atoms with van der Waals surface area (Å²) in [6.07, 6.45) is 1.60. The molecule has 1 N–H and O–H groups in total. The number of amides is 1. The number of hydrogen-bond acceptors (Lipinski definition) is 5. The highest BCUT2D eigenvalue weighted by molar-refractivity contribution is 7.92. The number of halogens is 2. The molecule has 2 heterocycles. The number of anilines is 2. The van der Waals surface area contributed by atoms with E-state index in [1.807, 2.05) is 6.07 Å². The molecule has 1 aliphatic heterocycles. The predicted molar refractivity (Wildman–Crippen MR) is 121 cm³/mol. The van der Waals surface area contributed by atoms with Crippen LogP contribution in [0.15, 0.2) is 71.8 Å². The van der Waals surface area contributed by atoms with Crippen LogP contribution in [0.5, 0.6) is 0 Å². The molecule has 1 amide bonds. The summed E-state index contributed by atoms with van der Waals surface area (Å²) in [7, 11) is -3.85. The number of benzene rings is 2. The number of aromatic nitrogens is 1. The van der Waals surface area contributed by atoms with Crippen molar-refractivity contribution in [3.8, 4) is 0 Å². The van der Waals surface area contributed by atoms with Crippen molar-refractivity contribution in [3.63, 3.8) is 0 Å². The number of nitrogens with zero attached hydrogens (tertiary/aromatic N) is 3. The fourth-order valence-corrected chi connectivity index (χ4v) is 4.56. The number of sulfonamides is 1. The molecule has 0 atom stereocenters. The average Bonchev–Trinajstić information content (AvgIpc) is 2.80. The highest BCUT2D eigenvalue weighted by atomic mass is 35.5. The second-order valence-electron chi connectivity index (χ2n) is 7.25. The van der Waals surface area contributed by atoms with Gasteiger partial charge in [0.05, 0.1) is 9.92 Å². The van der Waals surface area contributed by atoms with E-state index < -0.39 is 15.8 Å². The number of pyridine rings is 1. The molecular formula is C22H20ClFN4O3S. The fourth-order valence-electron chi connectivity index (χ4n) is 3.38. The van der Waals surface area contributed by atoms with Crippen LogP contribution >= 0.6 is 11.6 Å². The molecule has 0 unspecified atom stereocenters. The van der Waals surface area contributed by atoms with Gasteiger partial charge >= 0.3 is 0 Å². The van der Waals surface area contributed by atoms with Crippen molar-refractivity contribution in [2.24, 2.45) is 0 Å². The summed E-state index contributed by atoms with van der Waals surface area (Å²) in [5.41, 5.74) is 0.775. The van der Waals surface area contributed by atoms with E-state index in [1.54, 1.807) is 29.3 Å². The minimum atomic E-state index is -3.85. The average molecular weight is 475 g/mol. The van der Waals surface area contributed by atoms with Crippen molar-refractivity contribution in [2.75, 3.05) is 35.8 Å². The normalized spacial score (nSPS) is 14.3. The molecular weight excluding hydrogens is 455 g/mol. The molecule has 0 radical (unpaired) electrons. The number of carbonyl (C=O) groups excluding carboxylic acids is 1. The zero-order valence-corrected chi connectivity index (χ0v) is 18.5. The van der Waals surface area contributed by atoms with Gasteiger partial charge in [0.15, 0.2) is 0 Å². The van der Waals surface area contributed by atoms with Gasteiger partial charge in [-0.05, 0) is 60.7 Å². The van der Waals surface area contributed by atoms with E-state index in [-0.39, 0.29) is 10.8 Å². The van der Waals surface area contributed by atoms with E-state index in [9.17, 15) is 17.6 Å². The topological polar surface area (TPSA) is 82.6 Å². The maximum absolute atomic E-state index is 13.0. The molecule has 1 aromatic heterocycles. The minimum absolute atomic E-state index is 0.0490. The molecule has 1 fully saturated rings. The first kappa shape index (κ1) is 22.0. The molecule has 0 bridgehead atoms. The molecule has 0 saturated carbocycles. The summed E-state index contributed by atoms with van der Waals surface area (Å²) < 4.78 is 40.3. The lowest BCUT2D eigenvalue weighted by molar-refractivity contribution is 0.0746. The van der Waals surface area contributed by atoms with Crippen molar-refractivity contribution >= 4 is 39.0 Å². The Hall–Kier alpha value is -3.17. The maximum Gasteiger partial charge on any atom is 0.261 e. The summed E-state index contributed by atoms with van der Waals surface area (Å²) in [5, 5.41) is 0.575. The van der Waals surface area contributed by atoms with Crippen molar-refractivity contribution < 1.29 is 17.6 Å². The fraction of sp³-hybridized carbons (Fsp3) is 0.182. The Bertz CT molecular complexity index is 1200. The van der Waals surface area contributed by atoms with Crippen LogP contribution in [0.3, 0.4) is 0 Å². The van der Waals surface area contributed by atoms with Crippen LogP contribution in [-0.2, 0) is 10.0 Å². The van der Waals surface area contributed by atoms with Crippen LogP contribution in [0.2, 0.25) is 5.02 Å². The number of hydrogen-bond donors (Lipinski definition) is 1. The van der Waals surface area contributed by atoms with E-state index in [0.717, 1.165) is 18.0 Å². The first-order valence-corrected chi connectivity index (χ1v) is 11.7. The molecule has 10 heteroatoms. The Morgan fingerprint density at radius 2 is 1.59 bits per heavy atom. The van der Waals surface area contributed by atoms with E-state index >= 15 is 0 Å². The zero-order chi connectivity index (χ0) is 22.7. The third-order valence-electron chi connectivity index (χ3n) is 5.11. The number of piperazine rings is 1. The second-order valence-corrected chi connectivity index (χ2v) is 9.37. The Kier molecular flexibility index (Phi) is 6.29. The molecule has 0 spiro atoms. The van der Waals surface area contributed by atoms with Crippen LogP contribution in [0.4, 0.5) is 15.9 Å². The van der Waals surface area contributed by atoms with Gasteiger partial charge in [-0.1, -0.05) is 11.6 Å². The number of carbonyl (C=O) groups is 1. The Labute approximate surface area is 190 Å². The molecule has 166 valence electrons. The predicted octanol–water partition coefficient (Wildman–Crippen LogP) is 3.64. The van der Waals surface area contributed by atoms with E-state index in [0.29, 0.717) is 42.5 Å². The van der Waals surface area contributed by atoms with E-state index in [4.69, 9.17) is 11.6 Å². The number of rotatable bonds is 5. The standard InChI is InChI=1S/C22H20ClFN4O3S/c23-17-3-10-21(25-15-17)27-11-13-28(14-12-27)22(29)16-1-6-19(7-2-16)26-32(30,31)20-8-4-18(24)5-9-20/h1-10,15,26H,11-14H2. The van der Waals surface area contributed by atoms with Crippen molar-refractivity contribution in [1.82, 2.24) is 9.88 Å². The Balaban J connectivity index is 1.37. The van der Waals surface area contributed by atoms with Gasteiger partial charge in [-0.15, -0.1) is 0 Å². The SMILES string of the molecule is O=C(c1ccc(NS(=O)(=O)c2ccc(F)cc2)cc1)N1CCN(c2ccc(Cl)cn2)CC1. The molecule has 0 aliphatic carbocycles. The smallest absolute Gasteiger partial charge is 0.261 e. The highest BCUT2D eigenvalue weighted by Gasteiger charge is 2.23. The molecule has 4 rings (SSSR count). The van der Waals surface area contributed by atoms with Crippen molar-refractivity contribution in [3.05, 3.63) is 83.3 Å². The van der Waals surface area contributed by atoms with E-state index in [1.165, 1.54) is 24.3 Å². The van der Waals surface area contributed by atoms with Crippen LogP contribution in [0.25, 0.3) is 0 Å². The van der Waals surface area contributed by atoms with E-state index in [2.05, 4.69) is 14.6 Å². The first-order chi connectivity index (χ1) is 15.3. The Morgan fingerprint density at radius 1 is 0.938 bits per heavy atom. The van der Waals surface area contributed by atoms with Crippen LogP contribution in [-0.4, -0.2) is 50.4 Å². The van der Waals surface area contributed by atoms with Crippen LogP contribution in [0.1, 0.15) is 10.4 Å². The molecule has 1 saturated heterocycles. The summed E-state index contributed by atoms with van der Waals surface area (Å²) >= 11 is 5.88. The lowest BCUT2D eigenvalue weighted by Crippen LogP contribution is -2.49. The van der Waals surface area contributed by atoms with Gasteiger partial charge in [0.1, 0.15) is 11.6 Å². The summed E-state index contributed by atoms with van der Waals surface area (Å²) in [6.45, 7) is 2.38. The van der Waals surface area contributed by atoms with Gasteiger partial charge in [-0.2, -0.15) is 0 Å². The van der Waals surface area contributed by atoms with Gasteiger partial charge < -0.3 is 9.80 Å². The summed E-state index contributed by atoms with van der Waals surface area (Å²) in [5.74, 6) is 0.179. The minimum Gasteiger partial charge on any atom is -0.353 e. The maximum atomic E-state index is 13.0. The lowest BCUT2D eigenvalue weighted by Gasteiger charge is -2.35. The first-order valence-electron chi connectivity index (χ1n) is 9.86. The lowest BCUT2D eigenvalue weighted by atomic mass is 10.1. The number of nitrogens with one attached hydrogen (secondary N) is 1. The molecule has 32 heavy (non-hydrogen) atoms. The summed E-state index contributed by atoms with van der Waals surface area (Å²) in [6, 6.07) is 14.4. The second kappa shape index (κ2) is 9.13. The highest BCUT2D eigenvalue weighted by Crippen LogP contribution is 2.20. The quantitative estimate of drug-likeness (QED) is 0.610. The molecule has 1 aliphatic rings. The van der Waals surface area contributed by atoms with Gasteiger partial charge in [0.2, 0.25) is 0 Å². The summed E-state index contributed by atoms with van der Waals surface area (Å²) in [4.78, 5) is 20.9. The van der Waals surface area contributed by atoms with Crippen molar-refractivity contribution in [1.29, 1.82) is 0 Å². The van der Waals surface area contributed by atoms with Gasteiger partial charge in [0.25, 0.3) is 15.9 Å². The van der Waals surface area contributed by atoms with Crippen molar-refractivity contribution in [2.45, 2.75) is 4.90 Å². The third kappa shape index (κ3) is 5.00. The molecule has 2 aromatic carbocycles. The zero-order valence-electron chi connectivity index (χ0n) is 16.9. The molecule has 7 nitrogen and oxygen atoms in total. The van der Waals surface area contributed by atoms with Gasteiger partial charge in [0, 0.05) is 43.6 Å².